The van der Waals surface area contributed by atoms with E-state index in [2.05, 4.69) is 20.4 Å². The SMILES string of the molecule is C=CCCC(=O)C12CC3CC(C)(CC(C)(C3)C1)C2. The van der Waals surface area contributed by atoms with Gasteiger partial charge in [-0.25, -0.2) is 0 Å². The molecule has 0 aromatic carbocycles. The van der Waals surface area contributed by atoms with Gasteiger partial charge in [0.15, 0.2) is 0 Å². The van der Waals surface area contributed by atoms with Crippen molar-refractivity contribution in [2.24, 2.45) is 22.2 Å². The van der Waals surface area contributed by atoms with Gasteiger partial charge in [-0.1, -0.05) is 19.9 Å². The number of ketones is 1. The van der Waals surface area contributed by atoms with Gasteiger partial charge in [0, 0.05) is 11.8 Å². The van der Waals surface area contributed by atoms with Crippen molar-refractivity contribution in [2.75, 3.05) is 0 Å². The molecule has 0 aromatic rings. The molecule has 0 spiro atoms. The molecule has 0 amide bonds. The Hall–Kier alpha value is -0.590. The molecule has 18 heavy (non-hydrogen) atoms. The molecule has 100 valence electrons. The van der Waals surface area contributed by atoms with Crippen LogP contribution in [0.5, 0.6) is 0 Å². The molecule has 2 atom stereocenters. The Morgan fingerprint density at radius 3 is 2.28 bits per heavy atom. The fraction of sp³-hybridized carbons (Fsp3) is 0.824. The van der Waals surface area contributed by atoms with Gasteiger partial charge in [0.2, 0.25) is 0 Å². The van der Waals surface area contributed by atoms with E-state index in [-0.39, 0.29) is 5.41 Å². The molecule has 2 unspecified atom stereocenters. The molecule has 0 N–H and O–H groups in total. The minimum absolute atomic E-state index is 0.0475. The van der Waals surface area contributed by atoms with Gasteiger partial charge >= 0.3 is 0 Å². The molecule has 4 aliphatic carbocycles. The molecule has 4 saturated carbocycles. The van der Waals surface area contributed by atoms with E-state index in [4.69, 9.17) is 0 Å². The molecule has 0 heterocycles. The van der Waals surface area contributed by atoms with Gasteiger partial charge in [-0.3, -0.25) is 4.79 Å². The summed E-state index contributed by atoms with van der Waals surface area (Å²) in [5.74, 6) is 1.37. The lowest BCUT2D eigenvalue weighted by Gasteiger charge is -2.64. The number of carbonyl (C=O) groups excluding carboxylic acids is 1. The lowest BCUT2D eigenvalue weighted by atomic mass is 9.39. The molecule has 4 bridgehead atoms. The molecule has 0 radical (unpaired) electrons. The number of Topliss-reactive ketones (excluding diaryl/α,β-unsaturated/α-hetero) is 1. The van der Waals surface area contributed by atoms with Crippen LogP contribution in [0.1, 0.15) is 65.2 Å². The van der Waals surface area contributed by atoms with E-state index in [9.17, 15) is 4.79 Å². The van der Waals surface area contributed by atoms with E-state index in [0.29, 0.717) is 16.6 Å². The van der Waals surface area contributed by atoms with Crippen molar-refractivity contribution >= 4 is 5.78 Å². The Morgan fingerprint density at radius 2 is 1.78 bits per heavy atom. The first kappa shape index (κ1) is 12.4. The minimum Gasteiger partial charge on any atom is -0.299 e. The molecule has 4 rings (SSSR count). The fourth-order valence-electron chi connectivity index (χ4n) is 6.26. The second-order valence-electron chi connectivity index (χ2n) is 8.16. The minimum atomic E-state index is 0.0475. The Kier molecular flexibility index (Phi) is 2.56. The first-order valence-corrected chi connectivity index (χ1v) is 7.53. The Morgan fingerprint density at radius 1 is 1.17 bits per heavy atom. The second kappa shape index (κ2) is 3.71. The largest absolute Gasteiger partial charge is 0.299 e. The number of rotatable bonds is 4. The van der Waals surface area contributed by atoms with Gasteiger partial charge in [-0.2, -0.15) is 0 Å². The third kappa shape index (κ3) is 1.78. The van der Waals surface area contributed by atoms with Crippen LogP contribution in [0.25, 0.3) is 0 Å². The zero-order valence-corrected chi connectivity index (χ0v) is 11.9. The van der Waals surface area contributed by atoms with E-state index in [1.165, 1.54) is 38.5 Å². The van der Waals surface area contributed by atoms with Crippen LogP contribution in [0.3, 0.4) is 0 Å². The number of allylic oxidation sites excluding steroid dienone is 1. The molecule has 4 aliphatic rings. The molecule has 1 heteroatoms. The average molecular weight is 246 g/mol. The highest BCUT2D eigenvalue weighted by atomic mass is 16.1. The summed E-state index contributed by atoms with van der Waals surface area (Å²) in [4.78, 5) is 12.7. The summed E-state index contributed by atoms with van der Waals surface area (Å²) in [6.07, 6.45) is 11.1. The highest BCUT2D eigenvalue weighted by Gasteiger charge is 2.62. The van der Waals surface area contributed by atoms with Crippen molar-refractivity contribution in [2.45, 2.75) is 65.2 Å². The zero-order valence-electron chi connectivity index (χ0n) is 11.9. The lowest BCUT2D eigenvalue weighted by Crippen LogP contribution is -2.57. The van der Waals surface area contributed by atoms with Crippen LogP contribution in [0.15, 0.2) is 12.7 Å². The molecule has 0 aliphatic heterocycles. The molecule has 0 saturated heterocycles. The smallest absolute Gasteiger partial charge is 0.139 e. The van der Waals surface area contributed by atoms with Crippen molar-refractivity contribution in [1.82, 2.24) is 0 Å². The van der Waals surface area contributed by atoms with Crippen molar-refractivity contribution in [3.8, 4) is 0 Å². The quantitative estimate of drug-likeness (QED) is 0.667. The maximum absolute atomic E-state index is 12.7. The van der Waals surface area contributed by atoms with E-state index in [0.717, 1.165) is 18.8 Å². The van der Waals surface area contributed by atoms with Crippen LogP contribution in [-0.4, -0.2) is 5.78 Å². The lowest BCUT2D eigenvalue weighted by molar-refractivity contribution is -0.168. The highest BCUT2D eigenvalue weighted by Crippen LogP contribution is 2.69. The van der Waals surface area contributed by atoms with Crippen LogP contribution >= 0.6 is 0 Å². The van der Waals surface area contributed by atoms with E-state index in [1.807, 2.05) is 6.08 Å². The summed E-state index contributed by atoms with van der Waals surface area (Å²) < 4.78 is 0. The van der Waals surface area contributed by atoms with E-state index in [1.54, 1.807) is 0 Å². The van der Waals surface area contributed by atoms with Crippen molar-refractivity contribution < 1.29 is 4.79 Å². The molecular formula is C17H26O. The predicted octanol–water partition coefficient (Wildman–Crippen LogP) is 4.52. The van der Waals surface area contributed by atoms with Gasteiger partial charge in [0.1, 0.15) is 5.78 Å². The first-order chi connectivity index (χ1) is 8.39. The second-order valence-corrected chi connectivity index (χ2v) is 8.16. The standard InChI is InChI=1S/C17H26O/c1-4-5-6-14(18)17-9-13-7-15(2,11-17)10-16(3,8-13)12-17/h4,13H,1,5-12H2,2-3H3. The maximum atomic E-state index is 12.7. The number of carbonyl (C=O) groups is 1. The van der Waals surface area contributed by atoms with Gasteiger partial charge in [-0.05, 0) is 61.7 Å². The van der Waals surface area contributed by atoms with E-state index >= 15 is 0 Å². The summed E-state index contributed by atoms with van der Waals surface area (Å²) in [5.41, 5.74) is 0.960. The molecule has 0 aromatic heterocycles. The van der Waals surface area contributed by atoms with Gasteiger partial charge in [0.25, 0.3) is 0 Å². The molecular weight excluding hydrogens is 220 g/mol. The number of hydrogen-bond donors (Lipinski definition) is 0. The van der Waals surface area contributed by atoms with Crippen LogP contribution < -0.4 is 0 Å². The molecule has 4 fully saturated rings. The summed E-state index contributed by atoms with van der Waals surface area (Å²) in [6, 6.07) is 0. The average Bonchev–Trinajstić information content (AvgIpc) is 2.20. The monoisotopic (exact) mass is 246 g/mol. The van der Waals surface area contributed by atoms with Crippen molar-refractivity contribution in [1.29, 1.82) is 0 Å². The third-order valence-corrected chi connectivity index (χ3v) is 5.79. The zero-order chi connectivity index (χ0) is 13.0. The van der Waals surface area contributed by atoms with Crippen molar-refractivity contribution in [3.05, 3.63) is 12.7 Å². The fourth-order valence-corrected chi connectivity index (χ4v) is 6.26. The predicted molar refractivity (Wildman–Crippen MR) is 74.3 cm³/mol. The van der Waals surface area contributed by atoms with Crippen LogP contribution in [-0.2, 0) is 4.79 Å². The topological polar surface area (TPSA) is 17.1 Å². The first-order valence-electron chi connectivity index (χ1n) is 7.53. The molecule has 1 nitrogen and oxygen atoms in total. The van der Waals surface area contributed by atoms with Gasteiger partial charge in [-0.15, -0.1) is 6.58 Å². The summed E-state index contributed by atoms with van der Waals surface area (Å²) in [6.45, 7) is 8.63. The van der Waals surface area contributed by atoms with Crippen LogP contribution in [0.2, 0.25) is 0 Å². The Balaban J connectivity index is 1.89. The highest BCUT2D eigenvalue weighted by molar-refractivity contribution is 5.85. The Bertz CT molecular complexity index is 376. The third-order valence-electron chi connectivity index (χ3n) is 5.79. The van der Waals surface area contributed by atoms with Crippen molar-refractivity contribution in [3.63, 3.8) is 0 Å². The van der Waals surface area contributed by atoms with Crippen LogP contribution in [0, 0.1) is 22.2 Å². The van der Waals surface area contributed by atoms with Crippen LogP contribution in [0.4, 0.5) is 0 Å². The van der Waals surface area contributed by atoms with E-state index < -0.39 is 0 Å². The number of hydrogen-bond acceptors (Lipinski definition) is 1. The summed E-state index contributed by atoms with van der Waals surface area (Å²) >= 11 is 0. The summed E-state index contributed by atoms with van der Waals surface area (Å²) in [7, 11) is 0. The normalized spacial score (nSPS) is 49.3. The van der Waals surface area contributed by atoms with Gasteiger partial charge in [0.05, 0.1) is 0 Å². The maximum Gasteiger partial charge on any atom is 0.139 e. The van der Waals surface area contributed by atoms with Gasteiger partial charge < -0.3 is 0 Å². The Labute approximate surface area is 111 Å². The summed E-state index contributed by atoms with van der Waals surface area (Å²) in [5, 5.41) is 0.